The van der Waals surface area contributed by atoms with Gasteiger partial charge in [0.1, 0.15) is 5.60 Å². The van der Waals surface area contributed by atoms with Gasteiger partial charge in [-0.25, -0.2) is 4.79 Å². The number of carbonyl (C=O) groups excluding carboxylic acids is 1. The Balaban J connectivity index is 1.69. The molecule has 1 aromatic rings. The van der Waals surface area contributed by atoms with Crippen LogP contribution in [0.5, 0.6) is 0 Å². The van der Waals surface area contributed by atoms with Crippen LogP contribution < -0.4 is 5.32 Å². The molecule has 1 fully saturated rings. The van der Waals surface area contributed by atoms with Crippen molar-refractivity contribution in [1.82, 2.24) is 20.0 Å². The standard InChI is InChI=1S/C17H30N4O2/c1-13-15(12-19-20(13)5)11-18-10-14-6-8-21(9-7-14)16(22)23-17(2,3)4/h12,14,18H,6-11H2,1-5H3. The molecule has 2 rings (SSSR count). The van der Waals surface area contributed by atoms with E-state index in [1.165, 1.54) is 11.3 Å². The van der Waals surface area contributed by atoms with Gasteiger partial charge in [-0.05, 0) is 53.0 Å². The fourth-order valence-corrected chi connectivity index (χ4v) is 2.77. The highest BCUT2D eigenvalue weighted by atomic mass is 16.6. The minimum atomic E-state index is -0.420. The molecule has 0 saturated carbocycles. The first kappa shape index (κ1) is 17.8. The van der Waals surface area contributed by atoms with E-state index in [4.69, 9.17) is 4.74 Å². The van der Waals surface area contributed by atoms with Crippen molar-refractivity contribution in [2.45, 2.75) is 52.7 Å². The van der Waals surface area contributed by atoms with Crippen LogP contribution in [0.3, 0.4) is 0 Å². The number of amides is 1. The van der Waals surface area contributed by atoms with Crippen molar-refractivity contribution in [3.63, 3.8) is 0 Å². The average molecular weight is 322 g/mol. The van der Waals surface area contributed by atoms with Gasteiger partial charge < -0.3 is 15.0 Å². The molecule has 23 heavy (non-hydrogen) atoms. The van der Waals surface area contributed by atoms with Crippen LogP contribution >= 0.6 is 0 Å². The molecule has 0 spiro atoms. The normalized spacial score (nSPS) is 16.7. The van der Waals surface area contributed by atoms with Gasteiger partial charge in [0, 0.05) is 37.9 Å². The Morgan fingerprint density at radius 3 is 2.57 bits per heavy atom. The number of aryl methyl sites for hydroxylation is 1. The van der Waals surface area contributed by atoms with Crippen LogP contribution in [0.4, 0.5) is 4.79 Å². The van der Waals surface area contributed by atoms with E-state index in [1.54, 1.807) is 0 Å². The monoisotopic (exact) mass is 322 g/mol. The lowest BCUT2D eigenvalue weighted by Gasteiger charge is -2.33. The Morgan fingerprint density at radius 2 is 2.04 bits per heavy atom. The van der Waals surface area contributed by atoms with Crippen LogP contribution in [0.2, 0.25) is 0 Å². The van der Waals surface area contributed by atoms with E-state index in [0.717, 1.165) is 39.0 Å². The summed E-state index contributed by atoms with van der Waals surface area (Å²) >= 11 is 0. The van der Waals surface area contributed by atoms with Gasteiger partial charge in [-0.15, -0.1) is 0 Å². The van der Waals surface area contributed by atoms with Crippen molar-refractivity contribution < 1.29 is 9.53 Å². The van der Waals surface area contributed by atoms with Crippen molar-refractivity contribution in [2.24, 2.45) is 13.0 Å². The number of carbonyl (C=O) groups is 1. The van der Waals surface area contributed by atoms with Gasteiger partial charge in [0.25, 0.3) is 0 Å². The molecule has 6 heteroatoms. The zero-order chi connectivity index (χ0) is 17.0. The second-order valence-corrected chi connectivity index (χ2v) is 7.42. The molecule has 1 saturated heterocycles. The predicted octanol–water partition coefficient (Wildman–Crippen LogP) is 2.47. The largest absolute Gasteiger partial charge is 0.444 e. The second kappa shape index (κ2) is 7.34. The van der Waals surface area contributed by atoms with Gasteiger partial charge in [-0.3, -0.25) is 4.68 Å². The highest BCUT2D eigenvalue weighted by molar-refractivity contribution is 5.68. The third-order valence-corrected chi connectivity index (χ3v) is 4.35. The zero-order valence-electron chi connectivity index (χ0n) is 15.1. The number of nitrogens with one attached hydrogen (secondary N) is 1. The third kappa shape index (κ3) is 5.23. The van der Waals surface area contributed by atoms with Gasteiger partial charge in [-0.2, -0.15) is 5.10 Å². The molecule has 1 N–H and O–H groups in total. The number of rotatable bonds is 4. The fourth-order valence-electron chi connectivity index (χ4n) is 2.77. The molecule has 0 aliphatic carbocycles. The van der Waals surface area contributed by atoms with E-state index in [0.29, 0.717) is 5.92 Å². The molecule has 0 unspecified atom stereocenters. The Morgan fingerprint density at radius 1 is 1.39 bits per heavy atom. The van der Waals surface area contributed by atoms with Crippen LogP contribution in [-0.4, -0.2) is 46.0 Å². The van der Waals surface area contributed by atoms with E-state index in [2.05, 4.69) is 17.3 Å². The number of likely N-dealkylation sites (tertiary alicyclic amines) is 1. The smallest absolute Gasteiger partial charge is 0.410 e. The molecule has 1 amide bonds. The number of hydrogen-bond acceptors (Lipinski definition) is 4. The number of piperidine rings is 1. The van der Waals surface area contributed by atoms with Crippen molar-refractivity contribution in [3.05, 3.63) is 17.5 Å². The predicted molar refractivity (Wildman–Crippen MR) is 90.2 cm³/mol. The Kier molecular flexibility index (Phi) is 5.68. The summed E-state index contributed by atoms with van der Waals surface area (Å²) in [5.74, 6) is 0.616. The van der Waals surface area contributed by atoms with Crippen LogP contribution in [0.15, 0.2) is 6.20 Å². The molecular weight excluding hydrogens is 292 g/mol. The Bertz CT molecular complexity index is 525. The summed E-state index contributed by atoms with van der Waals surface area (Å²) in [5, 5.41) is 7.78. The van der Waals surface area contributed by atoms with E-state index in [-0.39, 0.29) is 6.09 Å². The van der Waals surface area contributed by atoms with Gasteiger partial charge in [0.05, 0.1) is 6.20 Å². The summed E-state index contributed by atoms with van der Waals surface area (Å²) in [5.41, 5.74) is 2.03. The van der Waals surface area contributed by atoms with Crippen LogP contribution in [-0.2, 0) is 18.3 Å². The van der Waals surface area contributed by atoms with Gasteiger partial charge >= 0.3 is 6.09 Å². The molecule has 130 valence electrons. The Hall–Kier alpha value is -1.56. The summed E-state index contributed by atoms with van der Waals surface area (Å²) in [4.78, 5) is 13.9. The zero-order valence-corrected chi connectivity index (χ0v) is 15.1. The first-order valence-electron chi connectivity index (χ1n) is 8.42. The maximum atomic E-state index is 12.0. The fraction of sp³-hybridized carbons (Fsp3) is 0.765. The summed E-state index contributed by atoms with van der Waals surface area (Å²) in [6, 6.07) is 0. The highest BCUT2D eigenvalue weighted by Gasteiger charge is 2.26. The number of hydrogen-bond donors (Lipinski definition) is 1. The molecular formula is C17H30N4O2. The van der Waals surface area contributed by atoms with Gasteiger partial charge in [-0.1, -0.05) is 0 Å². The van der Waals surface area contributed by atoms with Crippen LogP contribution in [0, 0.1) is 12.8 Å². The number of aromatic nitrogens is 2. The lowest BCUT2D eigenvalue weighted by molar-refractivity contribution is 0.0184. The minimum Gasteiger partial charge on any atom is -0.444 e. The number of nitrogens with zero attached hydrogens (tertiary/aromatic N) is 3. The van der Waals surface area contributed by atoms with E-state index in [9.17, 15) is 4.79 Å². The summed E-state index contributed by atoms with van der Waals surface area (Å²) in [7, 11) is 1.96. The van der Waals surface area contributed by atoms with Crippen molar-refractivity contribution in [2.75, 3.05) is 19.6 Å². The third-order valence-electron chi connectivity index (χ3n) is 4.35. The van der Waals surface area contributed by atoms with Crippen LogP contribution in [0.1, 0.15) is 44.9 Å². The summed E-state index contributed by atoms with van der Waals surface area (Å²) < 4.78 is 7.33. The van der Waals surface area contributed by atoms with Crippen molar-refractivity contribution in [3.8, 4) is 0 Å². The first-order chi connectivity index (χ1) is 10.8. The van der Waals surface area contributed by atoms with Gasteiger partial charge in [0.2, 0.25) is 0 Å². The van der Waals surface area contributed by atoms with Crippen molar-refractivity contribution in [1.29, 1.82) is 0 Å². The van der Waals surface area contributed by atoms with Gasteiger partial charge in [0.15, 0.2) is 0 Å². The van der Waals surface area contributed by atoms with E-state index in [1.807, 2.05) is 43.6 Å². The molecule has 0 atom stereocenters. The lowest BCUT2D eigenvalue weighted by atomic mass is 9.97. The van der Waals surface area contributed by atoms with Crippen molar-refractivity contribution >= 4 is 6.09 Å². The minimum absolute atomic E-state index is 0.185. The summed E-state index contributed by atoms with van der Waals surface area (Å²) in [6.07, 6.45) is 3.79. The maximum absolute atomic E-state index is 12.0. The molecule has 0 aromatic carbocycles. The molecule has 0 bridgehead atoms. The summed E-state index contributed by atoms with van der Waals surface area (Å²) in [6.45, 7) is 11.2. The quantitative estimate of drug-likeness (QED) is 0.925. The average Bonchev–Trinajstić information content (AvgIpc) is 2.78. The Labute approximate surface area is 139 Å². The molecule has 0 radical (unpaired) electrons. The maximum Gasteiger partial charge on any atom is 0.410 e. The molecule has 1 aliphatic heterocycles. The SMILES string of the molecule is Cc1c(CNCC2CCN(C(=O)OC(C)(C)C)CC2)cnn1C. The highest BCUT2D eigenvalue weighted by Crippen LogP contribution is 2.19. The van der Waals surface area contributed by atoms with E-state index >= 15 is 0 Å². The molecule has 1 aliphatic rings. The second-order valence-electron chi connectivity index (χ2n) is 7.42. The lowest BCUT2D eigenvalue weighted by Crippen LogP contribution is -2.43. The molecule has 6 nitrogen and oxygen atoms in total. The van der Waals surface area contributed by atoms with Crippen LogP contribution in [0.25, 0.3) is 0 Å². The van der Waals surface area contributed by atoms with E-state index < -0.39 is 5.60 Å². The first-order valence-corrected chi connectivity index (χ1v) is 8.42. The topological polar surface area (TPSA) is 59.4 Å². The molecule has 2 heterocycles. The number of ether oxygens (including phenoxy) is 1. The molecule has 1 aromatic heterocycles.